The highest BCUT2D eigenvalue weighted by atomic mass is 127. The van der Waals surface area contributed by atoms with Gasteiger partial charge < -0.3 is 0 Å². The maximum Gasteiger partial charge on any atom is 0.198 e. The Morgan fingerprint density at radius 2 is 1.43 bits per heavy atom. The first-order chi connectivity index (χ1) is 18.8. The van der Waals surface area contributed by atoms with Crippen LogP contribution in [0.5, 0.6) is 0 Å². The highest BCUT2D eigenvalue weighted by Gasteiger charge is 2.35. The van der Waals surface area contributed by atoms with Gasteiger partial charge in [0.05, 0.1) is 0 Å². The molecule has 1 aliphatic heterocycles. The summed E-state index contributed by atoms with van der Waals surface area (Å²) in [5, 5.41) is 0. The lowest BCUT2D eigenvalue weighted by atomic mass is 9.38. The first-order valence-electron chi connectivity index (χ1n) is 16.9. The largest absolute Gasteiger partial charge is 0.198 e. The minimum Gasteiger partial charge on any atom is -0.108 e. The van der Waals surface area contributed by atoms with E-state index in [-0.39, 0.29) is 0 Å². The van der Waals surface area contributed by atoms with Crippen molar-refractivity contribution in [3.8, 4) is 0 Å². The lowest BCUT2D eigenvalue weighted by Crippen LogP contribution is -2.22. The average Bonchev–Trinajstić information content (AvgIpc) is 3.17. The summed E-state index contributed by atoms with van der Waals surface area (Å²) in [6, 6.07) is 0. The predicted molar refractivity (Wildman–Crippen MR) is 201 cm³/mol. The highest BCUT2D eigenvalue weighted by Crippen LogP contribution is 2.40. The molecule has 1 saturated heterocycles. The van der Waals surface area contributed by atoms with Crippen molar-refractivity contribution in [1.82, 2.24) is 0 Å². The third kappa shape index (κ3) is 20.4. The lowest BCUT2D eigenvalue weighted by molar-refractivity contribution is 0.320. The van der Waals surface area contributed by atoms with Gasteiger partial charge in [0.2, 0.25) is 0 Å². The molecule has 2 unspecified atom stereocenters. The molecule has 0 radical (unpaired) electrons. The Balaban J connectivity index is -0.000000531. The van der Waals surface area contributed by atoms with Gasteiger partial charge in [-0.1, -0.05) is 150 Å². The van der Waals surface area contributed by atoms with Crippen LogP contribution in [0.25, 0.3) is 0 Å². The average molecular weight is 667 g/mol. The Labute approximate surface area is 269 Å². The molecule has 0 aromatic rings. The lowest BCUT2D eigenvalue weighted by Gasteiger charge is -2.30. The van der Waals surface area contributed by atoms with Crippen molar-refractivity contribution < 1.29 is 0 Å². The van der Waals surface area contributed by atoms with Crippen molar-refractivity contribution in [3.05, 3.63) is 58.6 Å². The molecule has 1 heterocycles. The standard InChI is InChI=1S/C17H27B.C9H17I.C8H16.2C2H6/c1-12(2)17-8-6-16(7-9-17)11-18-14(4)10-13(3)15(18)5;1-4-5-6-7-8(2)9(3)10;1-5-6-8(4)7(2)3;2*1-2/h13,16-17H,1,4-11H2,2-3H3;8H,3-7H2,1-2H3;7H,4-6H2,1-3H3;2*1-2H3. The Hall–Kier alpha value is -0.505. The van der Waals surface area contributed by atoms with Gasteiger partial charge in [0.15, 0.2) is 6.71 Å². The summed E-state index contributed by atoms with van der Waals surface area (Å²) < 4.78 is 1.30. The summed E-state index contributed by atoms with van der Waals surface area (Å²) in [4.78, 5) is 0. The number of hydrogen-bond donors (Lipinski definition) is 0. The Bertz CT molecular complexity index is 692. The van der Waals surface area contributed by atoms with Gasteiger partial charge in [-0.05, 0) is 94.8 Å². The van der Waals surface area contributed by atoms with Gasteiger partial charge in [0, 0.05) is 0 Å². The van der Waals surface area contributed by atoms with E-state index in [1.54, 1.807) is 0 Å². The van der Waals surface area contributed by atoms with Crippen LogP contribution in [0.4, 0.5) is 0 Å². The summed E-state index contributed by atoms with van der Waals surface area (Å²) in [6.07, 6.45) is 15.7. The molecule has 2 heteroatoms. The molecular formula is C38H72BI. The molecule has 2 rings (SSSR count). The SMILES string of the molecule is C=C(CCC)C(C)C.C=C(I)C(C)CCCCC.C=C1CC(C)C(=C)B1CC1CCC(C(=C)C)CC1.CC.CC. The first kappa shape index (κ1) is 43.9. The van der Waals surface area contributed by atoms with Crippen LogP contribution >= 0.6 is 22.6 Å². The molecule has 1 saturated carbocycles. The smallest absolute Gasteiger partial charge is 0.108 e. The molecule has 0 aromatic heterocycles. The molecule has 40 heavy (non-hydrogen) atoms. The van der Waals surface area contributed by atoms with E-state index in [9.17, 15) is 0 Å². The summed E-state index contributed by atoms with van der Waals surface area (Å²) in [7, 11) is 0. The molecule has 0 aromatic carbocycles. The second-order valence-corrected chi connectivity index (χ2v) is 13.5. The Morgan fingerprint density at radius 1 is 0.900 bits per heavy atom. The van der Waals surface area contributed by atoms with Crippen molar-refractivity contribution in [2.45, 2.75) is 153 Å². The molecular weight excluding hydrogens is 594 g/mol. The third-order valence-electron chi connectivity index (χ3n) is 8.42. The third-order valence-corrected chi connectivity index (χ3v) is 9.48. The van der Waals surface area contributed by atoms with Crippen LogP contribution in [0.15, 0.2) is 58.6 Å². The first-order valence-corrected chi connectivity index (χ1v) is 18.0. The normalized spacial score (nSPS) is 20.4. The van der Waals surface area contributed by atoms with Crippen LogP contribution in [0.2, 0.25) is 6.32 Å². The van der Waals surface area contributed by atoms with Crippen LogP contribution in [-0.2, 0) is 0 Å². The predicted octanol–water partition coefficient (Wildman–Crippen LogP) is 14.3. The van der Waals surface area contributed by atoms with Crippen molar-refractivity contribution >= 4 is 29.3 Å². The molecule has 2 aliphatic rings. The van der Waals surface area contributed by atoms with E-state index in [1.807, 2.05) is 27.7 Å². The molecule has 1 aliphatic carbocycles. The van der Waals surface area contributed by atoms with Crippen LogP contribution in [0.3, 0.4) is 0 Å². The van der Waals surface area contributed by atoms with Gasteiger partial charge in [0.25, 0.3) is 0 Å². The monoisotopic (exact) mass is 666 g/mol. The number of allylic oxidation sites excluding steroid dienone is 5. The van der Waals surface area contributed by atoms with Gasteiger partial charge >= 0.3 is 0 Å². The number of unbranched alkanes of at least 4 members (excludes halogenated alkanes) is 2. The van der Waals surface area contributed by atoms with Crippen LogP contribution in [-0.4, -0.2) is 6.71 Å². The topological polar surface area (TPSA) is 0 Å². The summed E-state index contributed by atoms with van der Waals surface area (Å²) in [5.74, 6) is 3.73. The zero-order valence-electron chi connectivity index (χ0n) is 29.4. The fourth-order valence-electron chi connectivity index (χ4n) is 5.28. The molecule has 2 atom stereocenters. The number of hydrogen-bond acceptors (Lipinski definition) is 0. The summed E-state index contributed by atoms with van der Waals surface area (Å²) in [5.41, 5.74) is 5.65. The molecule has 0 spiro atoms. The van der Waals surface area contributed by atoms with Gasteiger partial charge in [0.1, 0.15) is 0 Å². The van der Waals surface area contributed by atoms with Crippen molar-refractivity contribution in [2.75, 3.05) is 0 Å². The fraction of sp³-hybridized carbons (Fsp3) is 0.737. The molecule has 0 N–H and O–H groups in total. The zero-order valence-corrected chi connectivity index (χ0v) is 31.5. The second-order valence-electron chi connectivity index (χ2n) is 12.1. The Morgan fingerprint density at radius 3 is 1.75 bits per heavy atom. The van der Waals surface area contributed by atoms with E-state index in [4.69, 9.17) is 0 Å². The van der Waals surface area contributed by atoms with E-state index in [1.165, 1.54) is 103 Å². The molecule has 0 bridgehead atoms. The molecule has 234 valence electrons. The zero-order chi connectivity index (χ0) is 31.8. The maximum absolute atomic E-state index is 4.30. The molecule has 0 nitrogen and oxygen atoms in total. The summed E-state index contributed by atoms with van der Waals surface area (Å²) >= 11 is 2.33. The van der Waals surface area contributed by atoms with Gasteiger partial charge in [-0.15, -0.1) is 18.6 Å². The van der Waals surface area contributed by atoms with Gasteiger partial charge in [-0.3, -0.25) is 0 Å². The van der Waals surface area contributed by atoms with Crippen molar-refractivity contribution in [1.29, 1.82) is 0 Å². The van der Waals surface area contributed by atoms with Gasteiger partial charge in [-0.25, -0.2) is 0 Å². The number of halogens is 1. The molecule has 0 amide bonds. The minimum atomic E-state index is 0.617. The quantitative estimate of drug-likeness (QED) is 0.0891. The van der Waals surface area contributed by atoms with Gasteiger partial charge in [-0.2, -0.15) is 0 Å². The van der Waals surface area contributed by atoms with E-state index < -0.39 is 0 Å². The Kier molecular flexibility index (Phi) is 30.0. The van der Waals surface area contributed by atoms with Crippen LogP contribution in [0.1, 0.15) is 147 Å². The van der Waals surface area contributed by atoms with Crippen LogP contribution < -0.4 is 0 Å². The van der Waals surface area contributed by atoms with Crippen LogP contribution in [0, 0.1) is 29.6 Å². The maximum atomic E-state index is 4.30. The molecule has 2 fully saturated rings. The van der Waals surface area contributed by atoms with Crippen molar-refractivity contribution in [3.63, 3.8) is 0 Å². The minimum absolute atomic E-state index is 0.617. The summed E-state index contributed by atoms with van der Waals surface area (Å²) in [6.45, 7) is 44.7. The number of rotatable bonds is 11. The highest BCUT2D eigenvalue weighted by molar-refractivity contribution is 14.1. The second kappa shape index (κ2) is 27.3. The van der Waals surface area contributed by atoms with E-state index in [0.717, 1.165) is 11.8 Å². The van der Waals surface area contributed by atoms with Crippen molar-refractivity contribution in [2.24, 2.45) is 29.6 Å². The fourth-order valence-corrected chi connectivity index (χ4v) is 5.59. The van der Waals surface area contributed by atoms with E-state index in [0.29, 0.717) is 24.5 Å². The van der Waals surface area contributed by atoms with E-state index in [2.05, 4.69) is 104 Å². The van der Waals surface area contributed by atoms with E-state index >= 15 is 0 Å².